The molecule has 1 aromatic carbocycles. The Bertz CT molecular complexity index is 460. The Morgan fingerprint density at radius 2 is 2.33 bits per heavy atom. The number of hydrogen-bond donors (Lipinski definition) is 1. The van der Waals surface area contributed by atoms with Crippen LogP contribution < -0.4 is 4.74 Å². The minimum Gasteiger partial charge on any atom is -0.486 e. The summed E-state index contributed by atoms with van der Waals surface area (Å²) in [5.74, 6) is 1.38. The van der Waals surface area contributed by atoms with Gasteiger partial charge in [0, 0.05) is 17.0 Å². The molecule has 0 bridgehead atoms. The van der Waals surface area contributed by atoms with Crippen LogP contribution in [0.15, 0.2) is 18.2 Å². The van der Waals surface area contributed by atoms with Gasteiger partial charge in [0.2, 0.25) is 0 Å². The highest BCUT2D eigenvalue weighted by molar-refractivity contribution is 6.30. The van der Waals surface area contributed by atoms with E-state index in [0.29, 0.717) is 17.4 Å². The van der Waals surface area contributed by atoms with Gasteiger partial charge in [0.15, 0.2) is 0 Å². The van der Waals surface area contributed by atoms with Crippen molar-refractivity contribution in [3.05, 3.63) is 28.8 Å². The Hall–Kier alpha value is -0.730. The molecule has 3 heteroatoms. The first-order chi connectivity index (χ1) is 8.64. The first kappa shape index (κ1) is 12.3. The number of aliphatic hydroxyl groups excluding tert-OH is 1. The number of halogens is 1. The minimum atomic E-state index is -0.445. The van der Waals surface area contributed by atoms with Crippen LogP contribution >= 0.6 is 11.6 Å². The average molecular weight is 267 g/mol. The third-order valence-electron chi connectivity index (χ3n) is 4.57. The number of rotatable bonds is 1. The van der Waals surface area contributed by atoms with Gasteiger partial charge in [-0.05, 0) is 49.8 Å². The van der Waals surface area contributed by atoms with Crippen molar-refractivity contribution in [2.24, 2.45) is 5.92 Å². The quantitative estimate of drug-likeness (QED) is 0.829. The third-order valence-corrected chi connectivity index (χ3v) is 4.81. The van der Waals surface area contributed by atoms with Gasteiger partial charge in [-0.1, -0.05) is 18.5 Å². The molecule has 1 fully saturated rings. The smallest absolute Gasteiger partial charge is 0.126 e. The molecule has 0 saturated heterocycles. The van der Waals surface area contributed by atoms with Gasteiger partial charge in [0.1, 0.15) is 11.4 Å². The monoisotopic (exact) mass is 266 g/mol. The van der Waals surface area contributed by atoms with Crippen molar-refractivity contribution in [2.45, 2.75) is 50.7 Å². The summed E-state index contributed by atoms with van der Waals surface area (Å²) in [6, 6.07) is 5.55. The van der Waals surface area contributed by atoms with E-state index in [2.05, 4.69) is 6.92 Å². The van der Waals surface area contributed by atoms with Crippen molar-refractivity contribution in [1.82, 2.24) is 0 Å². The maximum atomic E-state index is 10.4. The second-order valence-corrected chi connectivity index (χ2v) is 6.00. The Morgan fingerprint density at radius 3 is 3.11 bits per heavy atom. The van der Waals surface area contributed by atoms with Gasteiger partial charge in [-0.25, -0.2) is 0 Å². The number of benzene rings is 1. The van der Waals surface area contributed by atoms with Gasteiger partial charge in [0.25, 0.3) is 0 Å². The predicted molar refractivity (Wildman–Crippen MR) is 72.0 cm³/mol. The largest absolute Gasteiger partial charge is 0.486 e. The molecule has 1 aliphatic heterocycles. The van der Waals surface area contributed by atoms with Crippen LogP contribution in [0.1, 0.15) is 50.7 Å². The van der Waals surface area contributed by atoms with Crippen molar-refractivity contribution in [2.75, 3.05) is 0 Å². The summed E-state index contributed by atoms with van der Waals surface area (Å²) in [5.41, 5.74) is 0.699. The molecular weight excluding hydrogens is 248 g/mol. The number of hydrogen-bond acceptors (Lipinski definition) is 2. The first-order valence-corrected chi connectivity index (χ1v) is 7.19. The van der Waals surface area contributed by atoms with Crippen LogP contribution in [0.3, 0.4) is 0 Å². The molecule has 3 rings (SSSR count). The summed E-state index contributed by atoms with van der Waals surface area (Å²) in [6.45, 7) is 2.21. The molecule has 1 aliphatic carbocycles. The van der Waals surface area contributed by atoms with Crippen LogP contribution in [0, 0.1) is 5.92 Å². The molecule has 0 aromatic heterocycles. The normalized spacial score (nSPS) is 34.4. The SMILES string of the molecule is CCC1CCCC12CC(O)c1cc(Cl)ccc1O2. The van der Waals surface area contributed by atoms with Crippen molar-refractivity contribution in [3.63, 3.8) is 0 Å². The van der Waals surface area contributed by atoms with E-state index in [1.165, 1.54) is 12.8 Å². The highest BCUT2D eigenvalue weighted by atomic mass is 35.5. The highest BCUT2D eigenvalue weighted by Gasteiger charge is 2.48. The second-order valence-electron chi connectivity index (χ2n) is 5.57. The molecule has 0 amide bonds. The van der Waals surface area contributed by atoms with Gasteiger partial charge >= 0.3 is 0 Å². The Balaban J connectivity index is 1.98. The molecule has 2 nitrogen and oxygen atoms in total. The minimum absolute atomic E-state index is 0.144. The molecule has 3 unspecified atom stereocenters. The topological polar surface area (TPSA) is 29.5 Å². The Morgan fingerprint density at radius 1 is 1.50 bits per heavy atom. The summed E-state index contributed by atoms with van der Waals surface area (Å²) in [4.78, 5) is 0. The van der Waals surface area contributed by atoms with Crippen LogP contribution in [0.4, 0.5) is 0 Å². The molecule has 3 atom stereocenters. The lowest BCUT2D eigenvalue weighted by molar-refractivity contribution is -0.0410. The predicted octanol–water partition coefficient (Wildman–Crippen LogP) is 4.10. The van der Waals surface area contributed by atoms with Crippen LogP contribution in [-0.4, -0.2) is 10.7 Å². The molecule has 1 N–H and O–H groups in total. The van der Waals surface area contributed by atoms with Gasteiger partial charge in [0.05, 0.1) is 6.10 Å². The maximum Gasteiger partial charge on any atom is 0.126 e. The van der Waals surface area contributed by atoms with Crippen molar-refractivity contribution in [1.29, 1.82) is 0 Å². The lowest BCUT2D eigenvalue weighted by atomic mass is 9.80. The molecule has 1 saturated carbocycles. The van der Waals surface area contributed by atoms with Crippen molar-refractivity contribution in [3.8, 4) is 5.75 Å². The first-order valence-electron chi connectivity index (χ1n) is 6.81. The van der Waals surface area contributed by atoms with E-state index in [9.17, 15) is 5.11 Å². The lowest BCUT2D eigenvalue weighted by Crippen LogP contribution is -2.44. The van der Waals surface area contributed by atoms with E-state index >= 15 is 0 Å². The van der Waals surface area contributed by atoms with E-state index in [4.69, 9.17) is 16.3 Å². The number of aliphatic hydroxyl groups is 1. The van der Waals surface area contributed by atoms with Gasteiger partial charge in [-0.15, -0.1) is 0 Å². The summed E-state index contributed by atoms with van der Waals surface area (Å²) in [5, 5.41) is 11.0. The van der Waals surface area contributed by atoms with E-state index in [1.807, 2.05) is 18.2 Å². The lowest BCUT2D eigenvalue weighted by Gasteiger charge is -2.42. The fourth-order valence-electron chi connectivity index (χ4n) is 3.66. The number of ether oxygens (including phenoxy) is 1. The zero-order chi connectivity index (χ0) is 12.8. The zero-order valence-corrected chi connectivity index (χ0v) is 11.4. The molecule has 1 aromatic rings. The highest BCUT2D eigenvalue weighted by Crippen LogP contribution is 2.51. The summed E-state index contributed by atoms with van der Waals surface area (Å²) in [7, 11) is 0. The third kappa shape index (κ3) is 1.83. The molecular formula is C15H19ClO2. The fraction of sp³-hybridized carbons (Fsp3) is 0.600. The van der Waals surface area contributed by atoms with Crippen LogP contribution in [0.25, 0.3) is 0 Å². The average Bonchev–Trinajstić information content (AvgIpc) is 2.72. The van der Waals surface area contributed by atoms with Crippen LogP contribution in [0.2, 0.25) is 5.02 Å². The summed E-state index contributed by atoms with van der Waals surface area (Å²) >= 11 is 5.98. The molecule has 98 valence electrons. The zero-order valence-electron chi connectivity index (χ0n) is 10.7. The Labute approximate surface area is 113 Å². The van der Waals surface area contributed by atoms with Crippen LogP contribution in [0.5, 0.6) is 5.75 Å². The molecule has 18 heavy (non-hydrogen) atoms. The van der Waals surface area contributed by atoms with E-state index < -0.39 is 6.10 Å². The molecule has 1 heterocycles. The van der Waals surface area contributed by atoms with Gasteiger partial charge < -0.3 is 9.84 Å². The van der Waals surface area contributed by atoms with Crippen molar-refractivity contribution >= 4 is 11.6 Å². The fourth-order valence-corrected chi connectivity index (χ4v) is 3.85. The van der Waals surface area contributed by atoms with E-state index in [1.54, 1.807) is 0 Å². The van der Waals surface area contributed by atoms with E-state index in [-0.39, 0.29) is 5.60 Å². The molecule has 2 aliphatic rings. The van der Waals surface area contributed by atoms with Gasteiger partial charge in [-0.3, -0.25) is 0 Å². The van der Waals surface area contributed by atoms with Crippen molar-refractivity contribution < 1.29 is 9.84 Å². The van der Waals surface area contributed by atoms with Gasteiger partial charge in [-0.2, -0.15) is 0 Å². The second kappa shape index (κ2) is 4.43. The standard InChI is InChI=1S/C15H19ClO2/c1-2-10-4-3-7-15(10)9-13(17)12-8-11(16)5-6-14(12)18-15/h5-6,8,10,13,17H,2-4,7,9H2,1H3. The Kier molecular flexibility index (Phi) is 3.03. The maximum absolute atomic E-state index is 10.4. The molecule has 1 spiro atoms. The molecule has 0 radical (unpaired) electrons. The summed E-state index contributed by atoms with van der Waals surface area (Å²) < 4.78 is 6.29. The van der Waals surface area contributed by atoms with Crippen LogP contribution in [-0.2, 0) is 0 Å². The number of fused-ring (bicyclic) bond motifs is 1. The van der Waals surface area contributed by atoms with E-state index in [0.717, 1.165) is 24.2 Å². The summed E-state index contributed by atoms with van der Waals surface area (Å²) in [6.07, 6.45) is 4.86.